The Balaban J connectivity index is -0.0000000183. The Morgan fingerprint density at radius 2 is 0.667 bits per heavy atom. The van der Waals surface area contributed by atoms with Gasteiger partial charge >= 0.3 is 26.8 Å². The van der Waals surface area contributed by atoms with Crippen LogP contribution in [0.1, 0.15) is 0 Å². The first-order chi connectivity index (χ1) is 5.73. The van der Waals surface area contributed by atoms with E-state index >= 15 is 0 Å². The Labute approximate surface area is 118 Å². The summed E-state index contributed by atoms with van der Waals surface area (Å²) >= 11 is 0. The molecule has 0 aliphatic carbocycles. The molecule has 0 saturated heterocycles. The van der Waals surface area contributed by atoms with Crippen LogP contribution in [0.25, 0.3) is 0 Å². The predicted octanol–water partition coefficient (Wildman–Crippen LogP) is -2.05. The van der Waals surface area contributed by atoms with Crippen LogP contribution in [0.4, 0.5) is 4.79 Å². The lowest BCUT2D eigenvalue weighted by atomic mass is 11.2. The fraction of sp³-hybridized carbons (Fsp3) is 0. The molecule has 0 saturated carbocycles. The third-order valence-electron chi connectivity index (χ3n) is 0. The van der Waals surface area contributed by atoms with Crippen LogP contribution in [0.3, 0.4) is 0 Å². The summed E-state index contributed by atoms with van der Waals surface area (Å²) < 4.78 is 63.2. The van der Waals surface area contributed by atoms with E-state index in [1.54, 1.807) is 0 Å². The highest BCUT2D eigenvalue weighted by Gasteiger charge is 1.85. The van der Waals surface area contributed by atoms with Gasteiger partial charge < -0.3 is 11.5 Å². The number of hydrogen-bond donors (Lipinski definition) is 6. The van der Waals surface area contributed by atoms with E-state index < -0.39 is 26.8 Å². The van der Waals surface area contributed by atoms with Gasteiger partial charge in [0.15, 0.2) is 0 Å². The molecule has 120 valence electrons. The summed E-state index contributed by atoms with van der Waals surface area (Å²) in [5.41, 5.74) is 8.50. The van der Waals surface area contributed by atoms with Crippen molar-refractivity contribution in [2.24, 2.45) is 11.5 Å². The molecule has 18 heavy (non-hydrogen) atoms. The zero-order valence-corrected chi connectivity index (χ0v) is 16.4. The summed E-state index contributed by atoms with van der Waals surface area (Å²) in [4.78, 5) is 9.00. The second-order valence-corrected chi connectivity index (χ2v) is 3.09. The molecule has 0 aromatic carbocycles. The highest BCUT2D eigenvalue weighted by molar-refractivity contribution is 7.80. The maximum atomic E-state index is 9.00. The highest BCUT2D eigenvalue weighted by atomic mass is 32.3. The van der Waals surface area contributed by atoms with Crippen LogP contribution in [0, 0.1) is 0 Å². The lowest BCUT2D eigenvalue weighted by Gasteiger charge is -1.68. The van der Waals surface area contributed by atoms with Gasteiger partial charge in [-0.25, -0.2) is 4.79 Å². The minimum absolute atomic E-state index is 0. The van der Waals surface area contributed by atoms with Gasteiger partial charge in [-0.05, 0) is 0 Å². The number of primary amides is 2. The van der Waals surface area contributed by atoms with Crippen molar-refractivity contribution >= 4 is 66.4 Å². The fourth-order valence-electron chi connectivity index (χ4n) is 0. The second kappa shape index (κ2) is 20.1. The van der Waals surface area contributed by atoms with Crippen molar-refractivity contribution in [3.63, 3.8) is 0 Å². The third-order valence-corrected chi connectivity index (χ3v) is 0. The molecule has 0 aliphatic heterocycles. The summed E-state index contributed by atoms with van der Waals surface area (Å²) in [6, 6.07) is -0.833. The molecule has 11 nitrogen and oxygen atoms in total. The number of hydrogen-bond acceptors (Lipinski definition) is 5. The normalized spacial score (nSPS) is 7.78. The van der Waals surface area contributed by atoms with Crippen molar-refractivity contribution in [3.8, 4) is 0 Å². The van der Waals surface area contributed by atoms with Crippen molar-refractivity contribution in [1.29, 1.82) is 0 Å². The van der Waals surface area contributed by atoms with E-state index in [1.165, 1.54) is 0 Å². The molecule has 0 radical (unpaired) electrons. The lowest BCUT2D eigenvalue weighted by molar-refractivity contribution is 0.256. The minimum atomic E-state index is -4.67. The first-order valence-corrected chi connectivity index (χ1v) is 4.97. The Kier molecular flexibility index (Phi) is 47.7. The van der Waals surface area contributed by atoms with Crippen LogP contribution in [0.15, 0.2) is 0 Å². The molecule has 0 aromatic heterocycles. The lowest BCUT2D eigenvalue weighted by Crippen LogP contribution is -2.18. The first-order valence-electron chi connectivity index (χ1n) is 2.18. The predicted molar refractivity (Wildman–Crippen MR) is 86.5 cm³/mol. The molecule has 0 aromatic rings. The van der Waals surface area contributed by atoms with Crippen LogP contribution in [0.5, 0.6) is 0 Å². The van der Waals surface area contributed by atoms with Gasteiger partial charge in [-0.2, -0.15) is 56.4 Å². The summed E-state index contributed by atoms with van der Waals surface area (Å²) in [6.07, 6.45) is 0. The molecule has 17 heteroatoms. The minimum Gasteiger partial charge on any atom is -0.352 e. The highest BCUT2D eigenvalue weighted by Crippen LogP contribution is 1.59. The maximum Gasteiger partial charge on any atom is 0.394 e. The second-order valence-electron chi connectivity index (χ2n) is 1.30. The van der Waals surface area contributed by atoms with Crippen LogP contribution in [-0.4, -0.2) is 41.1 Å². The van der Waals surface area contributed by atoms with Crippen LogP contribution in [0.2, 0.25) is 0 Å². The van der Waals surface area contributed by atoms with Gasteiger partial charge in [0.25, 0.3) is 0 Å². The quantitative estimate of drug-likeness (QED) is 0.197. The van der Waals surface area contributed by atoms with E-state index in [1.807, 2.05) is 0 Å². The van der Waals surface area contributed by atoms with E-state index in [2.05, 4.69) is 11.5 Å². The molecule has 0 bridgehead atoms. The monoisotopic (exact) mass is 392 g/mol. The van der Waals surface area contributed by atoms with E-state index in [0.29, 0.717) is 0 Å². The van der Waals surface area contributed by atoms with E-state index in [4.69, 9.17) is 39.8 Å². The molecular weight excluding hydrogens is 372 g/mol. The molecule has 4 atom stereocenters. The molecule has 8 N–H and O–H groups in total. The number of carbonyl (C=O) groups excluding carboxylic acids is 1. The molecule has 2 amide bonds. The summed E-state index contributed by atoms with van der Waals surface area (Å²) in [7, 11) is -9.33. The van der Waals surface area contributed by atoms with Gasteiger partial charge in [-0.3, -0.25) is 18.2 Å². The van der Waals surface area contributed by atoms with Gasteiger partial charge in [0.2, 0.25) is 0 Å². The smallest absolute Gasteiger partial charge is 0.352 e. The number of carbonyl (C=O) groups is 1. The van der Waals surface area contributed by atoms with Crippen molar-refractivity contribution in [2.75, 3.05) is 0 Å². The Morgan fingerprint density at radius 1 is 0.667 bits per heavy atom. The molecule has 0 aliphatic rings. The average Bonchev–Trinajstić information content (AvgIpc) is 1.45. The van der Waals surface area contributed by atoms with Gasteiger partial charge in [0.05, 0.1) is 0 Å². The molecular formula is CH20N2O9P4S2. The Morgan fingerprint density at radius 3 is 0.667 bits per heavy atom. The number of urea groups is 1. The molecule has 0 spiro atoms. The topological polar surface area (TPSA) is 218 Å². The van der Waals surface area contributed by atoms with Crippen LogP contribution < -0.4 is 11.5 Å². The van der Waals surface area contributed by atoms with Crippen molar-refractivity contribution in [3.05, 3.63) is 0 Å². The van der Waals surface area contributed by atoms with E-state index in [-0.39, 0.29) is 39.6 Å². The van der Waals surface area contributed by atoms with Crippen LogP contribution >= 0.6 is 39.6 Å². The van der Waals surface area contributed by atoms with Gasteiger partial charge in [0, 0.05) is 0 Å². The van der Waals surface area contributed by atoms with Gasteiger partial charge in [-0.1, -0.05) is 0 Å². The van der Waals surface area contributed by atoms with Gasteiger partial charge in [0.1, 0.15) is 0 Å². The molecule has 0 heterocycles. The zero-order valence-electron chi connectivity index (χ0n) is 9.13. The summed E-state index contributed by atoms with van der Waals surface area (Å²) in [6.45, 7) is 0. The van der Waals surface area contributed by atoms with Crippen molar-refractivity contribution in [1.82, 2.24) is 0 Å². The first kappa shape index (κ1) is 42.8. The molecule has 0 rings (SSSR count). The largest absolute Gasteiger partial charge is 0.394 e. The number of nitrogens with two attached hydrogens (primary N) is 2. The van der Waals surface area contributed by atoms with E-state index in [0.717, 1.165) is 0 Å². The summed E-state index contributed by atoms with van der Waals surface area (Å²) in [5, 5.41) is 0. The Bertz CT molecular complexity index is 301. The average molecular weight is 392 g/mol. The zero-order chi connectivity index (χ0) is 12.6. The number of amides is 2. The third kappa shape index (κ3) is 7770. The maximum absolute atomic E-state index is 9.00. The SMILES string of the molecule is NC(N)=O.O=S(=O)(O)O.O=S(=O)(O)O.P.P.P.P. The molecule has 4 unspecified atom stereocenters. The molecule has 0 fully saturated rings. The van der Waals surface area contributed by atoms with E-state index in [9.17, 15) is 0 Å². The van der Waals surface area contributed by atoms with Crippen LogP contribution in [-0.2, 0) is 20.8 Å². The number of rotatable bonds is 0. The summed E-state index contributed by atoms with van der Waals surface area (Å²) in [5.74, 6) is 0. The fourth-order valence-corrected chi connectivity index (χ4v) is 0. The van der Waals surface area contributed by atoms with Crippen molar-refractivity contribution < 1.29 is 39.8 Å². The Hall–Kier alpha value is 0.730. The van der Waals surface area contributed by atoms with Crippen molar-refractivity contribution in [2.45, 2.75) is 0 Å². The van der Waals surface area contributed by atoms with Gasteiger partial charge in [-0.15, -0.1) is 0 Å². The standard InChI is InChI=1S/CH4N2O.2H2O4S.4H3P/c2-1(3)4;2*1-5(2,3)4;;;;/h(H4,2,3,4);2*(H2,1,2,3,4);4*1H3.